The summed E-state index contributed by atoms with van der Waals surface area (Å²) < 4.78 is 16.4. The van der Waals surface area contributed by atoms with Crippen LogP contribution < -0.4 is 14.8 Å². The smallest absolute Gasteiger partial charge is 0.317 e. The lowest BCUT2D eigenvalue weighted by Gasteiger charge is -2.23. The lowest BCUT2D eigenvalue weighted by Crippen LogP contribution is -2.42. The second-order valence-corrected chi connectivity index (χ2v) is 5.97. The monoisotopic (exact) mass is 330 g/mol. The van der Waals surface area contributed by atoms with E-state index in [0.29, 0.717) is 26.2 Å². The number of nitrogens with zero attached hydrogens (tertiary/aromatic N) is 1. The predicted octanol–water partition coefficient (Wildman–Crippen LogP) is 2.82. The van der Waals surface area contributed by atoms with E-state index in [1.54, 1.807) is 18.2 Å². The molecule has 1 unspecified atom stereocenters. The van der Waals surface area contributed by atoms with Crippen LogP contribution in [0, 0.1) is 0 Å². The molecule has 1 aliphatic rings. The zero-order valence-corrected chi connectivity index (χ0v) is 14.0. The lowest BCUT2D eigenvalue weighted by atomic mass is 10.2. The average molecular weight is 330 g/mol. The Bertz CT molecular complexity index is 684. The molecular formula is C18H22N2O4. The summed E-state index contributed by atoms with van der Waals surface area (Å²) in [5, 5.41) is 2.97. The van der Waals surface area contributed by atoms with Crippen LogP contribution in [0.4, 0.5) is 4.79 Å². The minimum absolute atomic E-state index is 0.00799. The van der Waals surface area contributed by atoms with Crippen LogP contribution in [0.5, 0.6) is 11.5 Å². The minimum Gasteiger partial charge on any atom is -0.486 e. The van der Waals surface area contributed by atoms with Gasteiger partial charge in [0.2, 0.25) is 0 Å². The van der Waals surface area contributed by atoms with Crippen LogP contribution in [0.3, 0.4) is 0 Å². The molecule has 0 fully saturated rings. The van der Waals surface area contributed by atoms with Crippen molar-refractivity contribution in [2.45, 2.75) is 25.9 Å². The highest BCUT2D eigenvalue weighted by atomic mass is 16.6. The van der Waals surface area contributed by atoms with Gasteiger partial charge in [0.1, 0.15) is 19.0 Å². The van der Waals surface area contributed by atoms with Crippen molar-refractivity contribution in [3.63, 3.8) is 0 Å². The Hall–Kier alpha value is -2.63. The Morgan fingerprint density at radius 1 is 1.25 bits per heavy atom. The van der Waals surface area contributed by atoms with Crippen LogP contribution in [-0.2, 0) is 13.0 Å². The quantitative estimate of drug-likeness (QED) is 0.915. The highest BCUT2D eigenvalue weighted by molar-refractivity contribution is 5.74. The maximum Gasteiger partial charge on any atom is 0.317 e. The van der Waals surface area contributed by atoms with Gasteiger partial charge in [0.05, 0.1) is 6.26 Å². The first-order chi connectivity index (χ1) is 11.6. The van der Waals surface area contributed by atoms with E-state index in [1.807, 2.05) is 37.3 Å². The van der Waals surface area contributed by atoms with Gasteiger partial charge in [-0.05, 0) is 36.8 Å². The molecule has 3 rings (SSSR count). The van der Waals surface area contributed by atoms with Gasteiger partial charge in [-0.2, -0.15) is 0 Å². The van der Waals surface area contributed by atoms with E-state index in [1.165, 1.54) is 0 Å². The Kier molecular flexibility index (Phi) is 4.93. The Morgan fingerprint density at radius 3 is 2.79 bits per heavy atom. The third-order valence-corrected chi connectivity index (χ3v) is 3.83. The lowest BCUT2D eigenvalue weighted by molar-refractivity contribution is 0.171. The van der Waals surface area contributed by atoms with Crippen LogP contribution in [0.25, 0.3) is 0 Å². The number of carbonyl (C=O) groups excluding carboxylic acids is 1. The zero-order chi connectivity index (χ0) is 16.9. The Balaban J connectivity index is 1.54. The van der Waals surface area contributed by atoms with E-state index in [0.717, 1.165) is 22.8 Å². The molecule has 6 heteroatoms. The molecule has 0 spiro atoms. The van der Waals surface area contributed by atoms with E-state index < -0.39 is 0 Å². The molecule has 0 saturated carbocycles. The summed E-state index contributed by atoms with van der Waals surface area (Å²) in [7, 11) is 1.77. The second kappa shape index (κ2) is 7.29. The molecular weight excluding hydrogens is 308 g/mol. The fraction of sp³-hybridized carbons (Fsp3) is 0.389. The van der Waals surface area contributed by atoms with Crippen LogP contribution >= 0.6 is 0 Å². The topological polar surface area (TPSA) is 63.9 Å². The Labute approximate surface area is 141 Å². The van der Waals surface area contributed by atoms with Crippen LogP contribution in [0.15, 0.2) is 41.0 Å². The molecule has 1 aromatic carbocycles. The molecule has 128 valence electrons. The molecule has 2 heterocycles. The highest BCUT2D eigenvalue weighted by Gasteiger charge is 2.16. The molecule has 1 atom stereocenters. The Morgan fingerprint density at radius 2 is 2.04 bits per heavy atom. The number of carbonyl (C=O) groups is 1. The summed E-state index contributed by atoms with van der Waals surface area (Å²) in [5.41, 5.74) is 0.996. The third-order valence-electron chi connectivity index (χ3n) is 3.83. The molecule has 1 aliphatic heterocycles. The normalized spacial score (nSPS) is 14.1. The third kappa shape index (κ3) is 4.01. The number of nitrogens with one attached hydrogen (secondary N) is 1. The van der Waals surface area contributed by atoms with Crippen molar-refractivity contribution in [1.29, 1.82) is 0 Å². The van der Waals surface area contributed by atoms with Gasteiger partial charge in [0.25, 0.3) is 0 Å². The average Bonchev–Trinajstić information content (AvgIpc) is 3.07. The van der Waals surface area contributed by atoms with Crippen molar-refractivity contribution in [2.24, 2.45) is 0 Å². The van der Waals surface area contributed by atoms with E-state index in [-0.39, 0.29) is 12.1 Å². The van der Waals surface area contributed by atoms with Crippen molar-refractivity contribution in [3.05, 3.63) is 47.9 Å². The van der Waals surface area contributed by atoms with Crippen LogP contribution in [0.1, 0.15) is 18.2 Å². The minimum atomic E-state index is -0.121. The van der Waals surface area contributed by atoms with Gasteiger partial charge in [0.15, 0.2) is 11.5 Å². The van der Waals surface area contributed by atoms with Crippen molar-refractivity contribution < 1.29 is 18.7 Å². The first-order valence-corrected chi connectivity index (χ1v) is 8.04. The summed E-state index contributed by atoms with van der Waals surface area (Å²) in [6.07, 6.45) is 2.30. The number of hydrogen-bond donors (Lipinski definition) is 1. The maximum atomic E-state index is 12.3. The zero-order valence-electron chi connectivity index (χ0n) is 14.0. The van der Waals surface area contributed by atoms with Gasteiger partial charge in [-0.15, -0.1) is 0 Å². The first kappa shape index (κ1) is 16.2. The summed E-state index contributed by atoms with van der Waals surface area (Å²) in [4.78, 5) is 13.9. The van der Waals surface area contributed by atoms with Gasteiger partial charge in [-0.3, -0.25) is 0 Å². The maximum absolute atomic E-state index is 12.3. The molecule has 2 aromatic rings. The number of ether oxygens (including phenoxy) is 2. The molecule has 2 amide bonds. The number of fused-ring (bicyclic) bond motifs is 1. The van der Waals surface area contributed by atoms with Gasteiger partial charge in [-0.1, -0.05) is 6.07 Å². The molecule has 1 aromatic heterocycles. The highest BCUT2D eigenvalue weighted by Crippen LogP contribution is 2.31. The fourth-order valence-corrected chi connectivity index (χ4v) is 2.63. The van der Waals surface area contributed by atoms with E-state index in [2.05, 4.69) is 5.32 Å². The van der Waals surface area contributed by atoms with Crippen LogP contribution in [0.2, 0.25) is 0 Å². The van der Waals surface area contributed by atoms with Gasteiger partial charge >= 0.3 is 6.03 Å². The van der Waals surface area contributed by atoms with E-state index in [4.69, 9.17) is 13.9 Å². The fourth-order valence-electron chi connectivity index (χ4n) is 2.63. The number of hydrogen-bond acceptors (Lipinski definition) is 4. The number of amides is 2. The van der Waals surface area contributed by atoms with Gasteiger partial charge < -0.3 is 24.1 Å². The molecule has 0 saturated heterocycles. The molecule has 0 bridgehead atoms. The number of rotatable bonds is 5. The van der Waals surface area contributed by atoms with Gasteiger partial charge in [0, 0.05) is 26.1 Å². The first-order valence-electron chi connectivity index (χ1n) is 8.04. The summed E-state index contributed by atoms with van der Waals surface area (Å²) in [5.74, 6) is 2.35. The van der Waals surface area contributed by atoms with Gasteiger partial charge in [-0.25, -0.2) is 4.79 Å². The molecule has 0 radical (unpaired) electrons. The molecule has 0 aliphatic carbocycles. The van der Waals surface area contributed by atoms with E-state index in [9.17, 15) is 4.79 Å². The van der Waals surface area contributed by atoms with Crippen molar-refractivity contribution in [1.82, 2.24) is 10.2 Å². The largest absolute Gasteiger partial charge is 0.486 e. The SMILES string of the molecule is CC(Cc1ccco1)NC(=O)N(C)Cc1ccc2c(c1)OCCO2. The summed E-state index contributed by atoms with van der Waals surface area (Å²) >= 11 is 0. The van der Waals surface area contributed by atoms with Crippen molar-refractivity contribution in [3.8, 4) is 11.5 Å². The number of urea groups is 1. The molecule has 24 heavy (non-hydrogen) atoms. The number of furan rings is 1. The summed E-state index contributed by atoms with van der Waals surface area (Å²) in [6, 6.07) is 9.37. The van der Waals surface area contributed by atoms with Crippen LogP contribution in [-0.4, -0.2) is 37.2 Å². The second-order valence-electron chi connectivity index (χ2n) is 5.97. The summed E-state index contributed by atoms with van der Waals surface area (Å²) in [6.45, 7) is 3.58. The molecule has 6 nitrogen and oxygen atoms in total. The predicted molar refractivity (Wildman–Crippen MR) is 89.3 cm³/mol. The molecule has 1 N–H and O–H groups in total. The standard InChI is InChI=1S/C18H22N2O4/c1-13(10-15-4-3-7-22-15)19-18(21)20(2)12-14-5-6-16-17(11-14)24-9-8-23-16/h3-7,11,13H,8-10,12H2,1-2H3,(H,19,21). The van der Waals surface area contributed by atoms with Crippen molar-refractivity contribution >= 4 is 6.03 Å². The number of benzene rings is 1. The van der Waals surface area contributed by atoms with Crippen molar-refractivity contribution in [2.75, 3.05) is 20.3 Å². The van der Waals surface area contributed by atoms with E-state index >= 15 is 0 Å².